The molecule has 2 rings (SSSR count). The van der Waals surface area contributed by atoms with Gasteiger partial charge in [-0.2, -0.15) is 5.10 Å². The van der Waals surface area contributed by atoms with E-state index in [1.54, 1.807) is 11.5 Å². The Morgan fingerprint density at radius 3 is 2.44 bits per heavy atom. The summed E-state index contributed by atoms with van der Waals surface area (Å²) in [6.45, 7) is 0. The predicted octanol–water partition coefficient (Wildman–Crippen LogP) is 2.16. The monoisotopic (exact) mass is 509 g/mol. The number of methoxy groups -OCH3 is 1. The van der Waals surface area contributed by atoms with E-state index in [4.69, 9.17) is 33.8 Å². The number of amides is 3. The van der Waals surface area contributed by atoms with Gasteiger partial charge in [-0.15, -0.1) is 0 Å². The van der Waals surface area contributed by atoms with Gasteiger partial charge in [0.05, 0.1) is 24.2 Å². The fourth-order valence-corrected chi connectivity index (χ4v) is 3.09. The third-order valence-corrected chi connectivity index (χ3v) is 4.91. The molecule has 0 fully saturated rings. The zero-order valence-corrected chi connectivity index (χ0v) is 19.4. The number of ketones is 1. The van der Waals surface area contributed by atoms with Crippen molar-refractivity contribution in [1.29, 1.82) is 0 Å². The van der Waals surface area contributed by atoms with Crippen molar-refractivity contribution in [2.24, 2.45) is 10.9 Å². The fraction of sp³-hybridized carbons (Fsp3) is 0.190. The van der Waals surface area contributed by atoms with E-state index in [1.807, 2.05) is 5.43 Å². The predicted molar refractivity (Wildman–Crippen MR) is 126 cm³/mol. The highest BCUT2D eigenvalue weighted by molar-refractivity contribution is 6.36. The fourth-order valence-electron chi connectivity index (χ4n) is 2.63. The summed E-state index contributed by atoms with van der Waals surface area (Å²) in [4.78, 5) is 48.0. The molecular weight excluding hydrogens is 489 g/mol. The number of carbonyl (C=O) groups is 4. The van der Waals surface area contributed by atoms with E-state index in [0.29, 0.717) is 10.7 Å². The molecule has 0 bridgehead atoms. The molecule has 0 spiro atoms. The van der Waals surface area contributed by atoms with Crippen LogP contribution in [0, 0.1) is 0 Å². The van der Waals surface area contributed by atoms with Crippen molar-refractivity contribution in [2.75, 3.05) is 12.4 Å². The molecule has 11 nitrogen and oxygen atoms in total. The molecule has 34 heavy (non-hydrogen) atoms. The molecule has 13 heteroatoms. The van der Waals surface area contributed by atoms with Crippen LogP contribution in [0.5, 0.6) is 11.5 Å². The summed E-state index contributed by atoms with van der Waals surface area (Å²) in [7, 11) is 1.33. The summed E-state index contributed by atoms with van der Waals surface area (Å²) in [5.41, 5.74) is 4.28. The summed E-state index contributed by atoms with van der Waals surface area (Å²) in [5, 5.41) is 16.8. The SMILES string of the molecule is COc1cc(C(=O)C/C(CCC(=O)Nc2ccc(Cl)cc2Cl)=N/NC(=O)C(=O)NN)ccc1O. The van der Waals surface area contributed by atoms with Crippen LogP contribution in [0.4, 0.5) is 5.69 Å². The van der Waals surface area contributed by atoms with Gasteiger partial charge in [-0.3, -0.25) is 24.6 Å². The van der Waals surface area contributed by atoms with E-state index in [-0.39, 0.29) is 47.1 Å². The minimum absolute atomic E-state index is 0.0392. The van der Waals surface area contributed by atoms with Crippen LogP contribution < -0.4 is 26.7 Å². The van der Waals surface area contributed by atoms with Crippen molar-refractivity contribution >= 4 is 58.1 Å². The standard InChI is InChI=1S/C21H21Cl2N5O6/c1-34-18-8-11(2-6-16(18)29)17(30)10-13(27-28-21(33)20(32)26-24)4-7-19(31)25-15-5-3-12(22)9-14(15)23/h2-3,5-6,8-9,29H,4,7,10,24H2,1H3,(H,25,31)(H,26,32)(H,28,33)/b27-13+. The van der Waals surface area contributed by atoms with Crippen molar-refractivity contribution in [2.45, 2.75) is 19.3 Å². The molecule has 2 aromatic rings. The molecule has 0 saturated heterocycles. The lowest BCUT2D eigenvalue weighted by Crippen LogP contribution is -2.41. The van der Waals surface area contributed by atoms with E-state index in [9.17, 15) is 24.3 Å². The van der Waals surface area contributed by atoms with Crippen LogP contribution in [0.1, 0.15) is 29.6 Å². The molecule has 0 atom stereocenters. The van der Waals surface area contributed by atoms with Gasteiger partial charge in [0.1, 0.15) is 0 Å². The molecule has 0 unspecified atom stereocenters. The number of hydrazine groups is 1. The van der Waals surface area contributed by atoms with E-state index in [0.717, 1.165) is 0 Å². The zero-order chi connectivity index (χ0) is 25.3. The molecule has 6 N–H and O–H groups in total. The van der Waals surface area contributed by atoms with E-state index >= 15 is 0 Å². The molecule has 0 aliphatic rings. The van der Waals surface area contributed by atoms with Crippen molar-refractivity contribution in [1.82, 2.24) is 10.9 Å². The minimum atomic E-state index is -1.16. The molecule has 0 radical (unpaired) electrons. The third-order valence-electron chi connectivity index (χ3n) is 4.37. The quantitative estimate of drug-likeness (QED) is 0.0859. The number of hydrogen-bond acceptors (Lipinski definition) is 8. The van der Waals surface area contributed by atoms with Gasteiger partial charge in [-0.05, 0) is 42.8 Å². The normalized spacial score (nSPS) is 10.9. The number of nitrogens with two attached hydrogens (primary N) is 1. The Morgan fingerprint density at radius 2 is 1.79 bits per heavy atom. The Hall–Kier alpha value is -3.67. The minimum Gasteiger partial charge on any atom is -0.504 e. The van der Waals surface area contributed by atoms with Gasteiger partial charge < -0.3 is 15.2 Å². The molecule has 0 aromatic heterocycles. The maximum Gasteiger partial charge on any atom is 0.330 e. The number of nitrogens with one attached hydrogen (secondary N) is 3. The van der Waals surface area contributed by atoms with Crippen LogP contribution in [0.25, 0.3) is 0 Å². The molecular formula is C21H21Cl2N5O6. The van der Waals surface area contributed by atoms with Crippen molar-refractivity contribution in [3.8, 4) is 11.5 Å². The number of nitrogens with zero attached hydrogens (tertiary/aromatic N) is 1. The first kappa shape index (κ1) is 26.6. The number of Topliss-reactive ketones (excluding diaryl/α,β-unsaturated/α-hetero) is 1. The first-order chi connectivity index (χ1) is 16.1. The highest BCUT2D eigenvalue weighted by Gasteiger charge is 2.17. The Labute approximate surface area is 204 Å². The van der Waals surface area contributed by atoms with Gasteiger partial charge in [0.25, 0.3) is 0 Å². The lowest BCUT2D eigenvalue weighted by atomic mass is 10.0. The lowest BCUT2D eigenvalue weighted by molar-refractivity contribution is -0.139. The average Bonchev–Trinajstić information content (AvgIpc) is 2.81. The van der Waals surface area contributed by atoms with Gasteiger partial charge in [-0.25, -0.2) is 11.3 Å². The maximum atomic E-state index is 12.7. The van der Waals surface area contributed by atoms with Crippen LogP contribution in [-0.4, -0.2) is 41.4 Å². The maximum absolute atomic E-state index is 12.7. The van der Waals surface area contributed by atoms with E-state index in [1.165, 1.54) is 37.4 Å². The second kappa shape index (κ2) is 12.5. The van der Waals surface area contributed by atoms with Crippen LogP contribution in [0.15, 0.2) is 41.5 Å². The van der Waals surface area contributed by atoms with Gasteiger partial charge >= 0.3 is 11.8 Å². The van der Waals surface area contributed by atoms with Gasteiger partial charge in [0.2, 0.25) is 5.91 Å². The Morgan fingerprint density at radius 1 is 1.06 bits per heavy atom. The second-order valence-electron chi connectivity index (χ2n) is 6.75. The number of rotatable bonds is 9. The number of anilines is 1. The lowest BCUT2D eigenvalue weighted by Gasteiger charge is -2.10. The summed E-state index contributed by atoms with van der Waals surface area (Å²) in [6.07, 6.45) is -0.459. The molecule has 180 valence electrons. The highest BCUT2D eigenvalue weighted by atomic mass is 35.5. The van der Waals surface area contributed by atoms with Crippen LogP contribution >= 0.6 is 23.2 Å². The number of carbonyl (C=O) groups excluding carboxylic acids is 4. The molecule has 0 heterocycles. The Balaban J connectivity index is 2.13. The number of benzene rings is 2. The number of phenolic OH excluding ortho intramolecular Hbond substituents is 1. The van der Waals surface area contributed by atoms with Crippen LogP contribution in [0.3, 0.4) is 0 Å². The number of halogens is 2. The highest BCUT2D eigenvalue weighted by Crippen LogP contribution is 2.27. The summed E-state index contributed by atoms with van der Waals surface area (Å²) in [6, 6.07) is 8.57. The van der Waals surface area contributed by atoms with Gasteiger partial charge in [-0.1, -0.05) is 23.2 Å². The number of aromatic hydroxyl groups is 1. The second-order valence-corrected chi connectivity index (χ2v) is 7.59. The third kappa shape index (κ3) is 7.73. The Bertz CT molecular complexity index is 1140. The van der Waals surface area contributed by atoms with E-state index < -0.39 is 23.5 Å². The number of ether oxygens (including phenoxy) is 1. The van der Waals surface area contributed by atoms with Crippen molar-refractivity contribution < 1.29 is 29.0 Å². The van der Waals surface area contributed by atoms with Gasteiger partial charge in [0.15, 0.2) is 17.3 Å². The van der Waals surface area contributed by atoms with Crippen molar-refractivity contribution in [3.63, 3.8) is 0 Å². The number of hydrazone groups is 1. The zero-order valence-electron chi connectivity index (χ0n) is 17.9. The molecule has 3 amide bonds. The van der Waals surface area contributed by atoms with Crippen LogP contribution in [0.2, 0.25) is 10.0 Å². The van der Waals surface area contributed by atoms with Crippen molar-refractivity contribution in [3.05, 3.63) is 52.0 Å². The Kier molecular flexibility index (Phi) is 9.80. The smallest absolute Gasteiger partial charge is 0.330 e. The number of hydrogen-bond donors (Lipinski definition) is 5. The average molecular weight is 510 g/mol. The first-order valence-electron chi connectivity index (χ1n) is 9.66. The van der Waals surface area contributed by atoms with Crippen LogP contribution in [-0.2, 0) is 14.4 Å². The largest absolute Gasteiger partial charge is 0.504 e. The molecule has 2 aromatic carbocycles. The summed E-state index contributed by atoms with van der Waals surface area (Å²) >= 11 is 11.9. The van der Waals surface area contributed by atoms with E-state index in [2.05, 4.69) is 10.4 Å². The first-order valence-corrected chi connectivity index (χ1v) is 10.4. The molecule has 0 aliphatic heterocycles. The molecule has 0 saturated carbocycles. The summed E-state index contributed by atoms with van der Waals surface area (Å²) < 4.78 is 4.99. The number of phenols is 1. The topological polar surface area (TPSA) is 172 Å². The van der Waals surface area contributed by atoms with Gasteiger partial charge in [0, 0.05) is 22.7 Å². The molecule has 0 aliphatic carbocycles. The summed E-state index contributed by atoms with van der Waals surface area (Å²) in [5.74, 6) is 1.67.